The number of aromatic amines is 1. The summed E-state index contributed by atoms with van der Waals surface area (Å²) in [5.74, 6) is 0.570. The number of nitrogens with one attached hydrogen (secondary N) is 1. The highest BCUT2D eigenvalue weighted by molar-refractivity contribution is 5.89. The third-order valence-corrected chi connectivity index (χ3v) is 6.10. The lowest BCUT2D eigenvalue weighted by molar-refractivity contribution is 0.0126. The van der Waals surface area contributed by atoms with Crippen molar-refractivity contribution in [3.63, 3.8) is 0 Å². The fourth-order valence-corrected chi connectivity index (χ4v) is 4.41. The van der Waals surface area contributed by atoms with Crippen LogP contribution in [0.15, 0.2) is 42.7 Å². The minimum absolute atomic E-state index is 0.0109. The molecule has 0 saturated carbocycles. The summed E-state index contributed by atoms with van der Waals surface area (Å²) < 4.78 is 24.1. The average Bonchev–Trinajstić information content (AvgIpc) is 3.54. The summed E-state index contributed by atoms with van der Waals surface area (Å²) in [5.41, 5.74) is 4.67. The van der Waals surface area contributed by atoms with E-state index in [1.807, 2.05) is 45.2 Å². The Hall–Kier alpha value is -3.76. The zero-order valence-electron chi connectivity index (χ0n) is 21.5. The lowest BCUT2D eigenvalue weighted by Gasteiger charge is -2.22. The molecule has 0 radical (unpaired) electrons. The van der Waals surface area contributed by atoms with E-state index >= 15 is 0 Å². The number of H-pyrrole nitrogens is 1. The Bertz CT molecular complexity index is 1400. The molecule has 10 nitrogen and oxygen atoms in total. The third-order valence-electron chi connectivity index (χ3n) is 6.10. The molecule has 5 rings (SSSR count). The van der Waals surface area contributed by atoms with Gasteiger partial charge in [0.25, 0.3) is 0 Å². The van der Waals surface area contributed by atoms with Crippen LogP contribution in [0, 0.1) is 0 Å². The molecule has 0 bridgehead atoms. The van der Waals surface area contributed by atoms with E-state index in [4.69, 9.17) is 18.9 Å². The van der Waals surface area contributed by atoms with Gasteiger partial charge in [-0.2, -0.15) is 5.10 Å². The number of carbonyl (C=O) groups is 1. The number of fused-ring (bicyclic) bond motifs is 1. The Labute approximate surface area is 214 Å². The van der Waals surface area contributed by atoms with Gasteiger partial charge in [0, 0.05) is 31.0 Å². The monoisotopic (exact) mass is 505 g/mol. The standard InChI is InChI=1S/C27H31N5O5/c1-27(2,3)37-26(33)32-11-10-20-22(32)14-21(30-29-20)18-9-8-17(13-24(18)36-16-34-4)19-15-28-31-25(19)23-7-5-6-12-35-23/h8-11,13-15,23H,5-7,12,16H2,1-4H3,(H,28,31). The summed E-state index contributed by atoms with van der Waals surface area (Å²) in [6.07, 6.45) is 6.10. The lowest BCUT2D eigenvalue weighted by atomic mass is 9.97. The molecule has 194 valence electrons. The molecule has 37 heavy (non-hydrogen) atoms. The molecule has 0 aliphatic carbocycles. The molecule has 1 aliphatic rings. The summed E-state index contributed by atoms with van der Waals surface area (Å²) in [6.45, 7) is 6.29. The zero-order valence-corrected chi connectivity index (χ0v) is 21.5. The number of aromatic nitrogens is 5. The van der Waals surface area contributed by atoms with Crippen molar-refractivity contribution in [3.05, 3.63) is 48.4 Å². The lowest BCUT2D eigenvalue weighted by Crippen LogP contribution is -2.26. The molecular weight excluding hydrogens is 474 g/mol. The van der Waals surface area contributed by atoms with Crippen molar-refractivity contribution >= 4 is 17.1 Å². The minimum atomic E-state index is -0.622. The van der Waals surface area contributed by atoms with Gasteiger partial charge in [0.15, 0.2) is 6.79 Å². The summed E-state index contributed by atoms with van der Waals surface area (Å²) in [6, 6.07) is 9.39. The molecule has 0 spiro atoms. The Morgan fingerprint density at radius 2 is 2.03 bits per heavy atom. The van der Waals surface area contributed by atoms with Crippen molar-refractivity contribution in [1.82, 2.24) is 25.0 Å². The van der Waals surface area contributed by atoms with Crippen LogP contribution in [-0.4, -0.2) is 57.2 Å². The molecule has 4 heterocycles. The maximum Gasteiger partial charge on any atom is 0.419 e. The molecule has 10 heteroatoms. The Balaban J connectivity index is 1.53. The van der Waals surface area contributed by atoms with E-state index in [1.54, 1.807) is 25.4 Å². The highest BCUT2D eigenvalue weighted by Gasteiger charge is 2.23. The van der Waals surface area contributed by atoms with Crippen molar-refractivity contribution < 1.29 is 23.7 Å². The number of nitrogens with zero attached hydrogens (tertiary/aromatic N) is 4. The van der Waals surface area contributed by atoms with Gasteiger partial charge in [-0.3, -0.25) is 9.67 Å². The van der Waals surface area contributed by atoms with Gasteiger partial charge in [-0.25, -0.2) is 4.79 Å². The van der Waals surface area contributed by atoms with Crippen molar-refractivity contribution in [2.75, 3.05) is 20.5 Å². The van der Waals surface area contributed by atoms with Gasteiger partial charge in [-0.15, -0.1) is 10.2 Å². The molecule has 1 aromatic carbocycles. The van der Waals surface area contributed by atoms with Crippen LogP contribution < -0.4 is 4.74 Å². The van der Waals surface area contributed by atoms with Crippen LogP contribution in [0.25, 0.3) is 33.4 Å². The smallest absolute Gasteiger partial charge is 0.419 e. The number of methoxy groups -OCH3 is 1. The highest BCUT2D eigenvalue weighted by Crippen LogP contribution is 2.38. The molecule has 1 unspecified atom stereocenters. The van der Waals surface area contributed by atoms with Gasteiger partial charge >= 0.3 is 6.09 Å². The Morgan fingerprint density at radius 1 is 1.16 bits per heavy atom. The number of hydrogen-bond donors (Lipinski definition) is 1. The first kappa shape index (κ1) is 24.9. The first-order valence-electron chi connectivity index (χ1n) is 12.3. The summed E-state index contributed by atoms with van der Waals surface area (Å²) in [5, 5.41) is 16.1. The molecule has 1 N–H and O–H groups in total. The second-order valence-corrected chi connectivity index (χ2v) is 9.98. The molecule has 1 fully saturated rings. The van der Waals surface area contributed by atoms with Crippen LogP contribution in [0.1, 0.15) is 51.8 Å². The largest absolute Gasteiger partial charge is 0.467 e. The SMILES string of the molecule is COCOc1cc(-c2cn[nH]c2C2CCCCO2)ccc1-c1cc2c(ccn2C(=O)OC(C)(C)C)nn1. The molecule has 3 aromatic heterocycles. The van der Waals surface area contributed by atoms with Gasteiger partial charge in [0.05, 0.1) is 29.2 Å². The molecule has 4 aromatic rings. The van der Waals surface area contributed by atoms with E-state index < -0.39 is 11.7 Å². The summed E-state index contributed by atoms with van der Waals surface area (Å²) in [4.78, 5) is 12.8. The number of rotatable bonds is 6. The number of hydrogen-bond acceptors (Lipinski definition) is 8. The molecule has 0 amide bonds. The number of ether oxygens (including phenoxy) is 4. The summed E-state index contributed by atoms with van der Waals surface area (Å²) in [7, 11) is 1.57. The van der Waals surface area contributed by atoms with Gasteiger partial charge in [0.2, 0.25) is 0 Å². The van der Waals surface area contributed by atoms with Crippen molar-refractivity contribution in [2.24, 2.45) is 0 Å². The van der Waals surface area contributed by atoms with Gasteiger partial charge < -0.3 is 18.9 Å². The van der Waals surface area contributed by atoms with Crippen molar-refractivity contribution in [1.29, 1.82) is 0 Å². The van der Waals surface area contributed by atoms with Crippen LogP contribution in [0.3, 0.4) is 0 Å². The molecule has 1 atom stereocenters. The Kier molecular flexibility index (Phi) is 6.94. The van der Waals surface area contributed by atoms with E-state index in [-0.39, 0.29) is 12.9 Å². The third kappa shape index (κ3) is 5.35. The molecule has 1 aliphatic heterocycles. The highest BCUT2D eigenvalue weighted by atomic mass is 16.7. The van der Waals surface area contributed by atoms with E-state index in [9.17, 15) is 4.79 Å². The zero-order chi connectivity index (χ0) is 26.0. The van der Waals surface area contributed by atoms with Crippen LogP contribution >= 0.6 is 0 Å². The van der Waals surface area contributed by atoms with Gasteiger partial charge in [0.1, 0.15) is 16.9 Å². The van der Waals surface area contributed by atoms with E-state index in [0.717, 1.165) is 42.7 Å². The quantitative estimate of drug-likeness (QED) is 0.342. The average molecular weight is 506 g/mol. The minimum Gasteiger partial charge on any atom is -0.467 e. The fourth-order valence-electron chi connectivity index (χ4n) is 4.41. The van der Waals surface area contributed by atoms with E-state index in [1.165, 1.54) is 4.57 Å². The predicted octanol–water partition coefficient (Wildman–Crippen LogP) is 5.50. The number of carbonyl (C=O) groups excluding carboxylic acids is 1. The molecular formula is C27H31N5O5. The van der Waals surface area contributed by atoms with Crippen LogP contribution in [0.4, 0.5) is 4.79 Å². The van der Waals surface area contributed by atoms with Crippen molar-refractivity contribution in [3.8, 4) is 28.1 Å². The second kappa shape index (κ2) is 10.3. The first-order valence-corrected chi connectivity index (χ1v) is 12.3. The normalized spacial score (nSPS) is 16.2. The molecule has 1 saturated heterocycles. The topological polar surface area (TPSA) is 113 Å². The summed E-state index contributed by atoms with van der Waals surface area (Å²) >= 11 is 0. The van der Waals surface area contributed by atoms with Crippen molar-refractivity contribution in [2.45, 2.75) is 51.7 Å². The fraction of sp³-hybridized carbons (Fsp3) is 0.407. The van der Waals surface area contributed by atoms with Gasteiger partial charge in [-0.1, -0.05) is 6.07 Å². The van der Waals surface area contributed by atoms with Crippen LogP contribution in [0.2, 0.25) is 0 Å². The number of benzene rings is 1. The van der Waals surface area contributed by atoms with Crippen LogP contribution in [-0.2, 0) is 14.2 Å². The maximum absolute atomic E-state index is 12.8. The van der Waals surface area contributed by atoms with Crippen LogP contribution in [0.5, 0.6) is 5.75 Å². The maximum atomic E-state index is 12.8. The second-order valence-electron chi connectivity index (χ2n) is 9.98. The van der Waals surface area contributed by atoms with E-state index in [0.29, 0.717) is 28.0 Å². The van der Waals surface area contributed by atoms with Gasteiger partial charge in [-0.05, 0) is 69.9 Å². The predicted molar refractivity (Wildman–Crippen MR) is 137 cm³/mol. The van der Waals surface area contributed by atoms with E-state index in [2.05, 4.69) is 20.4 Å². The first-order chi connectivity index (χ1) is 17.8. The Morgan fingerprint density at radius 3 is 2.78 bits per heavy atom.